The van der Waals surface area contributed by atoms with Gasteiger partial charge in [0.15, 0.2) is 5.70 Å². The summed E-state index contributed by atoms with van der Waals surface area (Å²) in [4.78, 5) is 29.7. The van der Waals surface area contributed by atoms with E-state index in [4.69, 9.17) is 9.47 Å². The first-order valence-electron chi connectivity index (χ1n) is 14.5. The molecule has 1 aliphatic rings. The van der Waals surface area contributed by atoms with Crippen LogP contribution in [0.25, 0.3) is 0 Å². The first-order valence-corrected chi connectivity index (χ1v) is 14.5. The molecule has 0 saturated carbocycles. The van der Waals surface area contributed by atoms with E-state index in [1.807, 2.05) is 30.3 Å². The minimum atomic E-state index is -0.539. The quantitative estimate of drug-likeness (QED) is 0.0781. The molecule has 5 nitrogen and oxygen atoms in total. The van der Waals surface area contributed by atoms with Crippen molar-refractivity contribution in [2.24, 2.45) is 4.99 Å². The number of hydrogen-bond donors (Lipinski definition) is 0. The van der Waals surface area contributed by atoms with Crippen LogP contribution in [0.15, 0.2) is 46.8 Å². The molecule has 1 aromatic rings. The molecule has 2 rings (SSSR count). The van der Waals surface area contributed by atoms with Gasteiger partial charge in [0.1, 0.15) is 5.76 Å². The second-order valence-corrected chi connectivity index (χ2v) is 9.87. The van der Waals surface area contributed by atoms with Crippen molar-refractivity contribution in [1.29, 1.82) is 0 Å². The average Bonchev–Trinajstić information content (AvgIpc) is 3.28. The predicted octanol–water partition coefficient (Wildman–Crippen LogP) is 8.81. The molecule has 5 heteroatoms. The summed E-state index contributed by atoms with van der Waals surface area (Å²) in [5.74, 6) is -0.188. The van der Waals surface area contributed by atoms with Crippen LogP contribution in [0.2, 0.25) is 0 Å². The first-order chi connectivity index (χ1) is 17.7. The third-order valence-corrected chi connectivity index (χ3v) is 6.61. The van der Waals surface area contributed by atoms with Gasteiger partial charge in [-0.25, -0.2) is 9.79 Å². The third kappa shape index (κ3) is 12.0. The molecule has 1 aromatic carbocycles. The lowest BCUT2D eigenvalue weighted by Crippen LogP contribution is -2.10. The second-order valence-electron chi connectivity index (χ2n) is 9.87. The van der Waals surface area contributed by atoms with Gasteiger partial charge in [-0.3, -0.25) is 4.79 Å². The van der Waals surface area contributed by atoms with Crippen molar-refractivity contribution in [3.05, 3.63) is 47.4 Å². The highest BCUT2D eigenvalue weighted by atomic mass is 16.6. The number of esters is 2. The van der Waals surface area contributed by atoms with Crippen LogP contribution in [0.1, 0.15) is 135 Å². The Hall–Kier alpha value is -2.43. The summed E-state index contributed by atoms with van der Waals surface area (Å²) in [7, 11) is 0. The monoisotopic (exact) mass is 497 g/mol. The van der Waals surface area contributed by atoms with Gasteiger partial charge in [0.2, 0.25) is 5.90 Å². The Morgan fingerprint density at radius 2 is 1.22 bits per heavy atom. The number of aliphatic imine (C=N–C) groups is 1. The molecule has 0 aromatic heterocycles. The van der Waals surface area contributed by atoms with Gasteiger partial charge in [-0.15, -0.1) is 0 Å². The molecule has 1 heterocycles. The van der Waals surface area contributed by atoms with Crippen molar-refractivity contribution in [1.82, 2.24) is 0 Å². The lowest BCUT2D eigenvalue weighted by molar-refractivity contribution is -0.140. The summed E-state index contributed by atoms with van der Waals surface area (Å²) in [6.45, 7) is 4.45. The molecule has 0 atom stereocenters. The summed E-state index contributed by atoms with van der Waals surface area (Å²) in [6.07, 6.45) is 19.7. The molecule has 0 N–H and O–H groups in total. The van der Waals surface area contributed by atoms with E-state index < -0.39 is 5.97 Å². The molecule has 0 saturated heterocycles. The maximum Gasteiger partial charge on any atom is 0.367 e. The first kappa shape index (κ1) is 29.8. The Kier molecular flexibility index (Phi) is 15.5. The topological polar surface area (TPSA) is 65.0 Å². The zero-order chi connectivity index (χ0) is 25.8. The highest BCUT2D eigenvalue weighted by Gasteiger charge is 2.29. The predicted molar refractivity (Wildman–Crippen MR) is 147 cm³/mol. The van der Waals surface area contributed by atoms with Gasteiger partial charge in [-0.1, -0.05) is 122 Å². The molecule has 200 valence electrons. The number of carbonyl (C=O) groups excluding carboxylic acids is 2. The number of nitrogens with zero attached hydrogens (tertiary/aromatic N) is 1. The van der Waals surface area contributed by atoms with Gasteiger partial charge >= 0.3 is 11.9 Å². The van der Waals surface area contributed by atoms with Crippen molar-refractivity contribution >= 4 is 17.8 Å². The van der Waals surface area contributed by atoms with Crippen LogP contribution < -0.4 is 0 Å². The summed E-state index contributed by atoms with van der Waals surface area (Å²) in [5.41, 5.74) is 0.874. The molecule has 0 unspecified atom stereocenters. The summed E-state index contributed by atoms with van der Waals surface area (Å²) in [6, 6.07) is 9.35. The highest BCUT2D eigenvalue weighted by Crippen LogP contribution is 2.25. The minimum Gasteiger partial charge on any atom is -0.428 e. The Bertz CT molecular complexity index is 828. The van der Waals surface area contributed by atoms with Gasteiger partial charge < -0.3 is 9.47 Å². The largest absolute Gasteiger partial charge is 0.428 e. The number of hydrogen-bond acceptors (Lipinski definition) is 5. The number of unbranched alkanes of at least 4 members (excludes halogenated alkanes) is 14. The number of allylic oxidation sites excluding steroid dienone is 1. The molecule has 0 bridgehead atoms. The number of ether oxygens (including phenoxy) is 2. The van der Waals surface area contributed by atoms with Crippen LogP contribution >= 0.6 is 0 Å². The molecule has 36 heavy (non-hydrogen) atoms. The fourth-order valence-electron chi connectivity index (χ4n) is 4.42. The Balaban J connectivity index is 1.90. The normalized spacial score (nSPS) is 14.5. The van der Waals surface area contributed by atoms with Crippen molar-refractivity contribution in [3.63, 3.8) is 0 Å². The van der Waals surface area contributed by atoms with Gasteiger partial charge in [-0.2, -0.15) is 0 Å². The zero-order valence-electron chi connectivity index (χ0n) is 22.7. The minimum absolute atomic E-state index is 0.140. The fourth-order valence-corrected chi connectivity index (χ4v) is 4.42. The Morgan fingerprint density at radius 3 is 1.78 bits per heavy atom. The lowest BCUT2D eigenvalue weighted by atomic mass is 10.1. The van der Waals surface area contributed by atoms with Crippen molar-refractivity contribution in [2.45, 2.75) is 129 Å². The van der Waals surface area contributed by atoms with E-state index in [1.165, 1.54) is 64.2 Å². The summed E-state index contributed by atoms with van der Waals surface area (Å²) in [5, 5.41) is 0. The van der Waals surface area contributed by atoms with Gasteiger partial charge in [0.25, 0.3) is 0 Å². The molecular formula is C31H47NO4. The van der Waals surface area contributed by atoms with Crippen molar-refractivity contribution in [2.75, 3.05) is 0 Å². The molecule has 0 amide bonds. The van der Waals surface area contributed by atoms with Crippen LogP contribution in [0.4, 0.5) is 0 Å². The van der Waals surface area contributed by atoms with Crippen LogP contribution in [-0.4, -0.2) is 17.8 Å². The van der Waals surface area contributed by atoms with E-state index in [1.54, 1.807) is 0 Å². The summed E-state index contributed by atoms with van der Waals surface area (Å²) >= 11 is 0. The fraction of sp³-hybridized carbons (Fsp3) is 0.645. The molecule has 0 fully saturated rings. The molecule has 0 aliphatic carbocycles. The second kappa shape index (κ2) is 18.8. The maximum atomic E-state index is 12.6. The molecule has 0 radical (unpaired) electrons. The SMILES string of the molecule is CCCCCCCCCCC(=O)O/C(CCCCCCCCCC)=C1/N=C(c2ccccc2)OC1=O. The number of cyclic esters (lactones) is 1. The van der Waals surface area contributed by atoms with Gasteiger partial charge in [-0.05, 0) is 25.0 Å². The third-order valence-electron chi connectivity index (χ3n) is 6.61. The van der Waals surface area contributed by atoms with Crippen LogP contribution in [-0.2, 0) is 19.1 Å². The van der Waals surface area contributed by atoms with Crippen LogP contribution in [0, 0.1) is 0 Å². The van der Waals surface area contributed by atoms with E-state index in [2.05, 4.69) is 18.8 Å². The van der Waals surface area contributed by atoms with E-state index in [0.29, 0.717) is 18.6 Å². The van der Waals surface area contributed by atoms with Gasteiger partial charge in [0, 0.05) is 18.4 Å². The Labute approximate surface area is 218 Å². The number of benzene rings is 1. The van der Waals surface area contributed by atoms with Crippen molar-refractivity contribution < 1.29 is 19.1 Å². The smallest absolute Gasteiger partial charge is 0.367 e. The summed E-state index contributed by atoms with van der Waals surface area (Å²) < 4.78 is 11.2. The highest BCUT2D eigenvalue weighted by molar-refractivity contribution is 6.11. The molecular weight excluding hydrogens is 450 g/mol. The van der Waals surface area contributed by atoms with E-state index in [9.17, 15) is 9.59 Å². The van der Waals surface area contributed by atoms with Crippen molar-refractivity contribution in [3.8, 4) is 0 Å². The maximum absolute atomic E-state index is 12.6. The van der Waals surface area contributed by atoms with Crippen LogP contribution in [0.5, 0.6) is 0 Å². The number of carbonyl (C=O) groups is 2. The van der Waals surface area contributed by atoms with E-state index in [0.717, 1.165) is 44.1 Å². The van der Waals surface area contributed by atoms with Gasteiger partial charge in [0.05, 0.1) is 0 Å². The lowest BCUT2D eigenvalue weighted by Gasteiger charge is -2.10. The molecule has 1 aliphatic heterocycles. The molecule has 0 spiro atoms. The standard InChI is InChI=1S/C31H47NO4/c1-3-5-7-9-11-13-15-20-24-27(35-28(33)25-21-16-14-12-10-8-6-4-2)29-31(34)36-30(32-29)26-22-18-17-19-23-26/h17-19,22-23H,3-16,20-21,24-25H2,1-2H3/b29-27+. The van der Waals surface area contributed by atoms with E-state index >= 15 is 0 Å². The average molecular weight is 498 g/mol. The van der Waals surface area contributed by atoms with E-state index in [-0.39, 0.29) is 17.6 Å². The Morgan fingerprint density at radius 1 is 0.722 bits per heavy atom. The van der Waals surface area contributed by atoms with Crippen LogP contribution in [0.3, 0.4) is 0 Å². The zero-order valence-corrected chi connectivity index (χ0v) is 22.7. The number of rotatable bonds is 20.